The van der Waals surface area contributed by atoms with Gasteiger partial charge in [-0.25, -0.2) is 9.18 Å². The van der Waals surface area contributed by atoms with Gasteiger partial charge in [-0.1, -0.05) is 11.6 Å². The molecule has 0 saturated carbocycles. The number of aryl methyl sites for hydroxylation is 2. The van der Waals surface area contributed by atoms with Crippen molar-refractivity contribution in [1.29, 1.82) is 0 Å². The smallest absolute Gasteiger partial charge is 0.308 e. The van der Waals surface area contributed by atoms with E-state index < -0.39 is 11.8 Å². The highest BCUT2D eigenvalue weighted by molar-refractivity contribution is 6.33. The van der Waals surface area contributed by atoms with Gasteiger partial charge in [0.05, 0.1) is 16.2 Å². The number of nitrogens with one attached hydrogen (secondary N) is 2. The highest BCUT2D eigenvalue weighted by Gasteiger charge is 2.09. The predicted octanol–water partition coefficient (Wildman–Crippen LogP) is 4.32. The summed E-state index contributed by atoms with van der Waals surface area (Å²) in [5.41, 5.74) is 2.78. The van der Waals surface area contributed by atoms with Gasteiger partial charge in [0.25, 0.3) is 0 Å². The van der Waals surface area contributed by atoms with Gasteiger partial charge >= 0.3 is 6.03 Å². The minimum Gasteiger partial charge on any atom is -0.308 e. The van der Waals surface area contributed by atoms with Crippen LogP contribution in [0.15, 0.2) is 36.4 Å². The van der Waals surface area contributed by atoms with Crippen molar-refractivity contribution in [2.75, 3.05) is 10.6 Å². The molecule has 3 aromatic rings. The number of aromatic nitrogens is 2. The van der Waals surface area contributed by atoms with E-state index in [1.165, 1.54) is 12.1 Å². The standard InChI is InChI=1S/C16H14ClFN4O/c1-9-12-5-4-11(8-15(12)21-22(9)2)19-16(23)20-14-6-3-10(18)7-13(14)17/h3-8H,1-2H3,(H2,19,20,23). The Morgan fingerprint density at radius 1 is 1.22 bits per heavy atom. The molecule has 1 aromatic heterocycles. The number of hydrogen-bond donors (Lipinski definition) is 2. The van der Waals surface area contributed by atoms with E-state index in [0.29, 0.717) is 11.4 Å². The second-order valence-corrected chi connectivity index (χ2v) is 5.55. The number of benzene rings is 2. The van der Waals surface area contributed by atoms with E-state index in [1.807, 2.05) is 20.0 Å². The van der Waals surface area contributed by atoms with Gasteiger partial charge in [-0.3, -0.25) is 4.68 Å². The fourth-order valence-corrected chi connectivity index (χ4v) is 2.50. The maximum absolute atomic E-state index is 13.0. The topological polar surface area (TPSA) is 59.0 Å². The van der Waals surface area contributed by atoms with Gasteiger partial charge < -0.3 is 10.6 Å². The second kappa shape index (κ2) is 5.89. The lowest BCUT2D eigenvalue weighted by molar-refractivity contribution is 0.262. The lowest BCUT2D eigenvalue weighted by atomic mass is 10.2. The molecule has 2 amide bonds. The van der Waals surface area contributed by atoms with Crippen LogP contribution in [0.25, 0.3) is 10.9 Å². The van der Waals surface area contributed by atoms with Crippen LogP contribution in [0, 0.1) is 12.7 Å². The first-order chi connectivity index (χ1) is 10.9. The number of amides is 2. The van der Waals surface area contributed by atoms with E-state index in [4.69, 9.17) is 11.6 Å². The summed E-state index contributed by atoms with van der Waals surface area (Å²) < 4.78 is 14.8. The minimum atomic E-state index is -0.467. The predicted molar refractivity (Wildman–Crippen MR) is 89.5 cm³/mol. The number of anilines is 2. The van der Waals surface area contributed by atoms with Crippen LogP contribution >= 0.6 is 11.6 Å². The molecule has 0 fully saturated rings. The SMILES string of the molecule is Cc1c2ccc(NC(=O)Nc3ccc(F)cc3Cl)cc2nn1C. The largest absolute Gasteiger partial charge is 0.323 e. The molecule has 0 bridgehead atoms. The maximum atomic E-state index is 13.0. The second-order valence-electron chi connectivity index (χ2n) is 5.14. The van der Waals surface area contributed by atoms with Crippen LogP contribution in [-0.2, 0) is 7.05 Å². The monoisotopic (exact) mass is 332 g/mol. The molecule has 0 aliphatic rings. The average Bonchev–Trinajstić information content (AvgIpc) is 2.77. The molecule has 7 heteroatoms. The van der Waals surface area contributed by atoms with E-state index in [-0.39, 0.29) is 5.02 Å². The third kappa shape index (κ3) is 3.12. The first-order valence-corrected chi connectivity index (χ1v) is 7.28. The number of nitrogens with zero attached hydrogens (tertiary/aromatic N) is 2. The van der Waals surface area contributed by atoms with Crippen molar-refractivity contribution >= 4 is 39.9 Å². The molecule has 1 heterocycles. The van der Waals surface area contributed by atoms with Crippen LogP contribution < -0.4 is 10.6 Å². The molecular weight excluding hydrogens is 319 g/mol. The Kier molecular flexibility index (Phi) is 3.92. The maximum Gasteiger partial charge on any atom is 0.323 e. The quantitative estimate of drug-likeness (QED) is 0.734. The molecule has 5 nitrogen and oxygen atoms in total. The molecule has 0 radical (unpaired) electrons. The van der Waals surface area contributed by atoms with Gasteiger partial charge in [0.2, 0.25) is 0 Å². The number of halogens is 2. The fourth-order valence-electron chi connectivity index (χ4n) is 2.28. The van der Waals surface area contributed by atoms with Crippen LogP contribution in [0.3, 0.4) is 0 Å². The van der Waals surface area contributed by atoms with Crippen LogP contribution in [0.5, 0.6) is 0 Å². The van der Waals surface area contributed by atoms with Crippen molar-refractivity contribution in [3.05, 3.63) is 52.9 Å². The molecule has 0 aliphatic carbocycles. The summed E-state index contributed by atoms with van der Waals surface area (Å²) in [6.45, 7) is 1.98. The zero-order chi connectivity index (χ0) is 16.6. The molecule has 0 aliphatic heterocycles. The van der Waals surface area contributed by atoms with Gasteiger partial charge in [-0.05, 0) is 43.3 Å². The highest BCUT2D eigenvalue weighted by Crippen LogP contribution is 2.24. The molecule has 118 valence electrons. The van der Waals surface area contributed by atoms with Crippen LogP contribution in [-0.4, -0.2) is 15.8 Å². The molecule has 0 spiro atoms. The zero-order valence-corrected chi connectivity index (χ0v) is 13.3. The van der Waals surface area contributed by atoms with Gasteiger partial charge in [-0.15, -0.1) is 0 Å². The number of carbonyl (C=O) groups excluding carboxylic acids is 1. The lowest BCUT2D eigenvalue weighted by Gasteiger charge is -2.09. The molecule has 0 atom stereocenters. The first-order valence-electron chi connectivity index (χ1n) is 6.90. The number of fused-ring (bicyclic) bond motifs is 1. The zero-order valence-electron chi connectivity index (χ0n) is 12.5. The van der Waals surface area contributed by atoms with E-state index in [2.05, 4.69) is 15.7 Å². The van der Waals surface area contributed by atoms with Crippen molar-refractivity contribution in [1.82, 2.24) is 9.78 Å². The van der Waals surface area contributed by atoms with Gasteiger partial charge in [0.15, 0.2) is 0 Å². The first kappa shape index (κ1) is 15.3. The van der Waals surface area contributed by atoms with Crippen molar-refractivity contribution in [3.8, 4) is 0 Å². The van der Waals surface area contributed by atoms with E-state index in [9.17, 15) is 9.18 Å². The van der Waals surface area contributed by atoms with Crippen LogP contribution in [0.2, 0.25) is 5.02 Å². The number of urea groups is 1. The Labute approximate surface area is 137 Å². The summed E-state index contributed by atoms with van der Waals surface area (Å²) in [4.78, 5) is 12.0. The Balaban J connectivity index is 1.77. The molecule has 2 aromatic carbocycles. The Morgan fingerprint density at radius 3 is 2.74 bits per heavy atom. The number of hydrogen-bond acceptors (Lipinski definition) is 2. The van der Waals surface area contributed by atoms with Gasteiger partial charge in [0, 0.05) is 23.8 Å². The van der Waals surface area contributed by atoms with Gasteiger partial charge in [0.1, 0.15) is 5.82 Å². The summed E-state index contributed by atoms with van der Waals surface area (Å²) in [5, 5.41) is 10.8. The van der Waals surface area contributed by atoms with Crippen LogP contribution in [0.4, 0.5) is 20.6 Å². The number of carbonyl (C=O) groups is 1. The molecule has 0 saturated heterocycles. The van der Waals surface area contributed by atoms with E-state index in [0.717, 1.165) is 22.7 Å². The summed E-state index contributed by atoms with van der Waals surface area (Å²) in [5.74, 6) is -0.461. The summed E-state index contributed by atoms with van der Waals surface area (Å²) in [7, 11) is 1.87. The minimum absolute atomic E-state index is 0.135. The molecule has 0 unspecified atom stereocenters. The van der Waals surface area contributed by atoms with Crippen LogP contribution in [0.1, 0.15) is 5.69 Å². The van der Waals surface area contributed by atoms with Crippen molar-refractivity contribution in [2.24, 2.45) is 7.05 Å². The molecule has 3 rings (SSSR count). The van der Waals surface area contributed by atoms with Crippen molar-refractivity contribution in [3.63, 3.8) is 0 Å². The normalized spacial score (nSPS) is 10.8. The highest BCUT2D eigenvalue weighted by atomic mass is 35.5. The Hall–Kier alpha value is -2.60. The third-order valence-corrected chi connectivity index (χ3v) is 3.88. The fraction of sp³-hybridized carbons (Fsp3) is 0.125. The molecule has 2 N–H and O–H groups in total. The third-order valence-electron chi connectivity index (χ3n) is 3.57. The van der Waals surface area contributed by atoms with E-state index >= 15 is 0 Å². The molecule has 23 heavy (non-hydrogen) atoms. The van der Waals surface area contributed by atoms with Crippen molar-refractivity contribution < 1.29 is 9.18 Å². The van der Waals surface area contributed by atoms with E-state index in [1.54, 1.807) is 16.8 Å². The molecular formula is C16H14ClFN4O. The average molecular weight is 333 g/mol. The van der Waals surface area contributed by atoms with Crippen molar-refractivity contribution in [2.45, 2.75) is 6.92 Å². The summed E-state index contributed by atoms with van der Waals surface area (Å²) in [6.07, 6.45) is 0. The summed E-state index contributed by atoms with van der Waals surface area (Å²) >= 11 is 5.88. The lowest BCUT2D eigenvalue weighted by Crippen LogP contribution is -2.19. The Morgan fingerprint density at radius 2 is 2.00 bits per heavy atom. The summed E-state index contributed by atoms with van der Waals surface area (Å²) in [6, 6.07) is 8.78. The number of rotatable bonds is 2. The van der Waals surface area contributed by atoms with Gasteiger partial charge in [-0.2, -0.15) is 5.10 Å². The Bertz CT molecular complexity index is 906.